The topological polar surface area (TPSA) is 98.6 Å². The van der Waals surface area contributed by atoms with Crippen molar-refractivity contribution in [3.63, 3.8) is 0 Å². The SMILES string of the molecule is O.O.c1cn(Cc2ccc(Cn3ccnc3)cc2)cn1. The van der Waals surface area contributed by atoms with E-state index in [1.54, 1.807) is 12.4 Å². The third-order valence-corrected chi connectivity index (χ3v) is 2.87. The normalized spacial score (nSPS) is 9.60. The molecule has 2 aromatic heterocycles. The Morgan fingerprint density at radius 2 is 1.10 bits per heavy atom. The average molecular weight is 274 g/mol. The first kappa shape index (κ1) is 15.6. The van der Waals surface area contributed by atoms with Crippen molar-refractivity contribution in [2.75, 3.05) is 0 Å². The van der Waals surface area contributed by atoms with E-state index in [0.717, 1.165) is 13.1 Å². The van der Waals surface area contributed by atoms with Crippen molar-refractivity contribution in [3.8, 4) is 0 Å². The van der Waals surface area contributed by atoms with Gasteiger partial charge in [-0.05, 0) is 11.1 Å². The molecule has 4 N–H and O–H groups in total. The summed E-state index contributed by atoms with van der Waals surface area (Å²) in [5.74, 6) is 0. The Labute approximate surface area is 117 Å². The molecule has 6 nitrogen and oxygen atoms in total. The van der Waals surface area contributed by atoms with Gasteiger partial charge in [-0.15, -0.1) is 0 Å². The predicted molar refractivity (Wildman–Crippen MR) is 76.3 cm³/mol. The van der Waals surface area contributed by atoms with Crippen molar-refractivity contribution < 1.29 is 11.0 Å². The van der Waals surface area contributed by atoms with Crippen molar-refractivity contribution in [3.05, 3.63) is 72.8 Å². The second kappa shape index (κ2) is 7.22. The molecule has 0 atom stereocenters. The van der Waals surface area contributed by atoms with Gasteiger partial charge in [0, 0.05) is 37.9 Å². The molecule has 0 saturated carbocycles. The van der Waals surface area contributed by atoms with E-state index in [-0.39, 0.29) is 11.0 Å². The quantitative estimate of drug-likeness (QED) is 0.693. The third-order valence-electron chi connectivity index (χ3n) is 2.87. The Kier molecular flexibility index (Phi) is 5.64. The summed E-state index contributed by atoms with van der Waals surface area (Å²) in [6, 6.07) is 8.64. The van der Waals surface area contributed by atoms with Crippen molar-refractivity contribution in [2.24, 2.45) is 0 Å². The summed E-state index contributed by atoms with van der Waals surface area (Å²) in [5.41, 5.74) is 2.56. The first-order valence-corrected chi connectivity index (χ1v) is 5.89. The second-order valence-corrected chi connectivity index (χ2v) is 4.29. The number of hydrogen-bond acceptors (Lipinski definition) is 2. The summed E-state index contributed by atoms with van der Waals surface area (Å²) in [6.45, 7) is 1.73. The van der Waals surface area contributed by atoms with Gasteiger partial charge < -0.3 is 20.1 Å². The molecule has 6 heteroatoms. The first-order valence-electron chi connectivity index (χ1n) is 5.89. The minimum Gasteiger partial charge on any atom is -0.412 e. The Morgan fingerprint density at radius 1 is 0.700 bits per heavy atom. The molecular formula is C14H18N4O2. The lowest BCUT2D eigenvalue weighted by Crippen LogP contribution is -1.99. The molecule has 0 aliphatic carbocycles. The standard InChI is InChI=1S/C14H14N4.2H2O/c1-2-14(10-18-8-6-16-12-18)4-3-13(1)9-17-7-5-15-11-17;;/h1-8,11-12H,9-10H2;2*1H2. The molecule has 3 aromatic rings. The highest BCUT2D eigenvalue weighted by atomic mass is 16.0. The molecule has 0 aliphatic heterocycles. The zero-order chi connectivity index (χ0) is 12.2. The summed E-state index contributed by atoms with van der Waals surface area (Å²) in [6.07, 6.45) is 11.2. The minimum absolute atomic E-state index is 0. The second-order valence-electron chi connectivity index (χ2n) is 4.29. The molecule has 0 radical (unpaired) electrons. The van der Waals surface area contributed by atoms with Gasteiger partial charge >= 0.3 is 0 Å². The van der Waals surface area contributed by atoms with E-state index in [4.69, 9.17) is 0 Å². The molecule has 0 aliphatic rings. The molecule has 106 valence electrons. The van der Waals surface area contributed by atoms with Crippen LogP contribution in [0.1, 0.15) is 11.1 Å². The van der Waals surface area contributed by atoms with Gasteiger partial charge in [-0.1, -0.05) is 24.3 Å². The van der Waals surface area contributed by atoms with Crippen LogP contribution in [0.15, 0.2) is 61.7 Å². The first-order chi connectivity index (χ1) is 8.90. The lowest BCUT2D eigenvalue weighted by Gasteiger charge is -2.05. The molecule has 0 fully saturated rings. The van der Waals surface area contributed by atoms with Gasteiger partial charge in [-0.2, -0.15) is 0 Å². The van der Waals surface area contributed by atoms with Crippen molar-refractivity contribution in [1.82, 2.24) is 19.1 Å². The van der Waals surface area contributed by atoms with E-state index < -0.39 is 0 Å². The fourth-order valence-electron chi connectivity index (χ4n) is 1.93. The Balaban J connectivity index is 0.000001000. The molecule has 20 heavy (non-hydrogen) atoms. The van der Waals surface area contributed by atoms with E-state index in [0.29, 0.717) is 0 Å². The molecule has 1 aromatic carbocycles. The molecular weight excluding hydrogens is 256 g/mol. The average Bonchev–Trinajstić information content (AvgIpc) is 3.05. The van der Waals surface area contributed by atoms with Gasteiger partial charge in [0.15, 0.2) is 0 Å². The highest BCUT2D eigenvalue weighted by Gasteiger charge is 1.97. The van der Waals surface area contributed by atoms with Crippen LogP contribution in [0.4, 0.5) is 0 Å². The molecule has 0 unspecified atom stereocenters. The van der Waals surface area contributed by atoms with Gasteiger partial charge in [0.2, 0.25) is 0 Å². The fourth-order valence-corrected chi connectivity index (χ4v) is 1.93. The van der Waals surface area contributed by atoms with Crippen LogP contribution in [-0.4, -0.2) is 30.1 Å². The van der Waals surface area contributed by atoms with Gasteiger partial charge in [0.1, 0.15) is 0 Å². The van der Waals surface area contributed by atoms with Crippen LogP contribution in [0.3, 0.4) is 0 Å². The van der Waals surface area contributed by atoms with Crippen molar-refractivity contribution in [2.45, 2.75) is 13.1 Å². The highest BCUT2D eigenvalue weighted by molar-refractivity contribution is 5.23. The number of rotatable bonds is 4. The number of benzene rings is 1. The lowest BCUT2D eigenvalue weighted by atomic mass is 10.1. The fraction of sp³-hybridized carbons (Fsp3) is 0.143. The Hall–Kier alpha value is -2.44. The van der Waals surface area contributed by atoms with E-state index in [1.165, 1.54) is 11.1 Å². The smallest absolute Gasteiger partial charge is 0.0949 e. The molecule has 0 amide bonds. The van der Waals surface area contributed by atoms with E-state index in [9.17, 15) is 0 Å². The van der Waals surface area contributed by atoms with Crippen molar-refractivity contribution in [1.29, 1.82) is 0 Å². The number of hydrogen-bond donors (Lipinski definition) is 0. The highest BCUT2D eigenvalue weighted by Crippen LogP contribution is 2.08. The van der Waals surface area contributed by atoms with Crippen molar-refractivity contribution >= 4 is 0 Å². The summed E-state index contributed by atoms with van der Waals surface area (Å²) >= 11 is 0. The Bertz CT molecular complexity index is 533. The Morgan fingerprint density at radius 3 is 1.40 bits per heavy atom. The maximum Gasteiger partial charge on any atom is 0.0949 e. The molecule has 0 spiro atoms. The summed E-state index contributed by atoms with van der Waals surface area (Å²) in [4.78, 5) is 8.08. The predicted octanol–water partition coefficient (Wildman–Crippen LogP) is 0.527. The molecule has 3 rings (SSSR count). The molecule has 2 heterocycles. The van der Waals surface area contributed by atoms with Crippen LogP contribution in [0.2, 0.25) is 0 Å². The zero-order valence-corrected chi connectivity index (χ0v) is 11.0. The molecule has 0 bridgehead atoms. The largest absolute Gasteiger partial charge is 0.412 e. The molecule has 0 saturated heterocycles. The third kappa shape index (κ3) is 3.78. The van der Waals surface area contributed by atoms with Gasteiger partial charge in [0.05, 0.1) is 12.7 Å². The van der Waals surface area contributed by atoms with Crippen LogP contribution in [0.5, 0.6) is 0 Å². The number of nitrogens with zero attached hydrogens (tertiary/aromatic N) is 4. The van der Waals surface area contributed by atoms with Gasteiger partial charge in [-0.25, -0.2) is 9.97 Å². The van der Waals surface area contributed by atoms with Crippen LogP contribution in [-0.2, 0) is 13.1 Å². The summed E-state index contributed by atoms with van der Waals surface area (Å²) < 4.78 is 4.12. The summed E-state index contributed by atoms with van der Waals surface area (Å²) in [5, 5.41) is 0. The van der Waals surface area contributed by atoms with Crippen LogP contribution < -0.4 is 0 Å². The van der Waals surface area contributed by atoms with E-state index in [1.807, 2.05) is 25.0 Å². The number of aromatic nitrogens is 4. The van der Waals surface area contributed by atoms with Crippen LogP contribution in [0, 0.1) is 0 Å². The van der Waals surface area contributed by atoms with E-state index in [2.05, 4.69) is 43.4 Å². The zero-order valence-electron chi connectivity index (χ0n) is 11.0. The van der Waals surface area contributed by atoms with E-state index >= 15 is 0 Å². The van der Waals surface area contributed by atoms with Gasteiger partial charge in [-0.3, -0.25) is 0 Å². The maximum absolute atomic E-state index is 4.04. The monoisotopic (exact) mass is 274 g/mol. The number of imidazole rings is 2. The minimum atomic E-state index is 0. The lowest BCUT2D eigenvalue weighted by molar-refractivity contribution is 0.785. The van der Waals surface area contributed by atoms with Gasteiger partial charge in [0.25, 0.3) is 0 Å². The summed E-state index contributed by atoms with van der Waals surface area (Å²) in [7, 11) is 0. The van der Waals surface area contributed by atoms with Crippen LogP contribution in [0.25, 0.3) is 0 Å². The van der Waals surface area contributed by atoms with Crippen LogP contribution >= 0.6 is 0 Å². The maximum atomic E-state index is 4.04.